The number of benzene rings is 4. The van der Waals surface area contributed by atoms with Crippen molar-refractivity contribution >= 4 is 40.6 Å². The number of carboxylic acid groups (broad SMARTS) is 2. The monoisotopic (exact) mass is 879 g/mol. The van der Waals surface area contributed by atoms with E-state index in [0.717, 1.165) is 54.0 Å². The minimum absolute atomic E-state index is 0.0368. The third-order valence-electron chi connectivity index (χ3n) is 9.82. The van der Waals surface area contributed by atoms with Gasteiger partial charge in [0.05, 0.1) is 19.4 Å². The van der Waals surface area contributed by atoms with Crippen molar-refractivity contribution in [3.63, 3.8) is 0 Å². The lowest BCUT2D eigenvalue weighted by Crippen LogP contribution is -2.57. The number of fused-ring (bicyclic) bond motifs is 1. The van der Waals surface area contributed by atoms with Gasteiger partial charge in [0.2, 0.25) is 5.91 Å². The number of alkyl halides is 7. The molecule has 0 aromatic heterocycles. The Balaban J connectivity index is 1.41. The zero-order valence-electron chi connectivity index (χ0n) is 33.2. The number of amides is 1. The number of nitrogens with two attached hydrogens (primary N) is 2. The average Bonchev–Trinajstić information content (AvgIpc) is 3.19. The molecule has 0 heterocycles. The Kier molecular flexibility index (Phi) is 16.2. The molecule has 0 saturated carbocycles. The number of ether oxygens (including phenoxy) is 2. The molecule has 0 radical (unpaired) electrons. The molecule has 0 saturated heterocycles. The zero-order valence-corrected chi connectivity index (χ0v) is 33.2. The maximum absolute atomic E-state index is 13.8. The van der Waals surface area contributed by atoms with Crippen LogP contribution in [0.1, 0.15) is 55.2 Å². The Bertz CT molecular complexity index is 2240. The molecule has 0 unspecified atom stereocenters. The first kappa shape index (κ1) is 48.6. The van der Waals surface area contributed by atoms with Gasteiger partial charge in [-0.25, -0.2) is 9.59 Å². The summed E-state index contributed by atoms with van der Waals surface area (Å²) in [4.78, 5) is 59.1. The van der Waals surface area contributed by atoms with Crippen LogP contribution in [0.3, 0.4) is 0 Å². The number of rotatable bonds is 21. The molecule has 0 fully saturated rings. The minimum atomic E-state index is -6.49. The van der Waals surface area contributed by atoms with Crippen molar-refractivity contribution in [1.29, 1.82) is 0 Å². The third-order valence-corrected chi connectivity index (χ3v) is 9.82. The molecule has 0 spiro atoms. The number of unbranched alkanes of at least 4 members (excludes halogenated alkanes) is 2. The van der Waals surface area contributed by atoms with Crippen molar-refractivity contribution < 1.29 is 74.4 Å². The molecule has 0 aliphatic rings. The van der Waals surface area contributed by atoms with Crippen LogP contribution >= 0.6 is 0 Å². The van der Waals surface area contributed by atoms with Crippen molar-refractivity contribution in [2.75, 3.05) is 13.6 Å². The number of nitrogens with zero attached hydrogens (tertiary/aromatic N) is 1. The summed E-state index contributed by atoms with van der Waals surface area (Å²) in [6, 6.07) is 19.5. The molecule has 2 atom stereocenters. The average molecular weight is 880 g/mol. The largest absolute Gasteiger partial charge is 0.481 e. The fourth-order valence-electron chi connectivity index (χ4n) is 6.42. The SMILES string of the molecule is CN(CC(F)(F)C(F)(F)C(F)(F)F)C(=O)CCc1ccc(CCCCCc2c(-c3ccc(OC(=O)[C@@H](N)CC(=O)O)cc3)ccc3cc(OC(=O)[C@@H](N)CC(=O)O)ccc23)cc1. The van der Waals surface area contributed by atoms with Crippen molar-refractivity contribution in [1.82, 2.24) is 4.90 Å². The predicted octanol–water partition coefficient (Wildman–Crippen LogP) is 7.10. The molecular weight excluding hydrogens is 835 g/mol. The van der Waals surface area contributed by atoms with Crippen LogP contribution in [0, 0.1) is 0 Å². The highest BCUT2D eigenvalue weighted by Crippen LogP contribution is 2.46. The lowest BCUT2D eigenvalue weighted by molar-refractivity contribution is -0.355. The Morgan fingerprint density at radius 3 is 1.73 bits per heavy atom. The van der Waals surface area contributed by atoms with E-state index in [9.17, 15) is 54.7 Å². The molecule has 0 aliphatic heterocycles. The highest BCUT2D eigenvalue weighted by atomic mass is 19.4. The predicted molar refractivity (Wildman–Crippen MR) is 211 cm³/mol. The molecule has 12 nitrogen and oxygen atoms in total. The molecule has 62 heavy (non-hydrogen) atoms. The number of esters is 2. The van der Waals surface area contributed by atoms with Crippen LogP contribution in [-0.4, -0.2) is 88.6 Å². The van der Waals surface area contributed by atoms with Crippen LogP contribution in [0.15, 0.2) is 78.9 Å². The smallest absolute Gasteiger partial charge is 0.459 e. The van der Waals surface area contributed by atoms with Crippen LogP contribution < -0.4 is 20.9 Å². The van der Waals surface area contributed by atoms with Gasteiger partial charge in [0.25, 0.3) is 0 Å². The summed E-state index contributed by atoms with van der Waals surface area (Å²) < 4.78 is 102. The van der Waals surface area contributed by atoms with Gasteiger partial charge in [-0.3, -0.25) is 14.4 Å². The quantitative estimate of drug-likeness (QED) is 0.0288. The topological polar surface area (TPSA) is 200 Å². The molecule has 0 bridgehead atoms. The normalized spacial score (nSPS) is 13.0. The fraction of sp³-hybridized carbons (Fsp3) is 0.372. The number of aryl methyl sites for hydroxylation is 3. The Labute approximate surface area is 350 Å². The second-order valence-corrected chi connectivity index (χ2v) is 14.7. The van der Waals surface area contributed by atoms with E-state index in [4.69, 9.17) is 31.2 Å². The molecule has 334 valence electrons. The number of carboxylic acids is 2. The molecule has 4 aromatic carbocycles. The first-order valence-electron chi connectivity index (χ1n) is 19.2. The molecular formula is C43H44F7N3O9. The van der Waals surface area contributed by atoms with Crippen molar-refractivity contribution in [2.45, 2.75) is 87.9 Å². The van der Waals surface area contributed by atoms with E-state index in [0.29, 0.717) is 23.8 Å². The van der Waals surface area contributed by atoms with E-state index in [1.165, 1.54) is 0 Å². The first-order valence-corrected chi connectivity index (χ1v) is 19.2. The minimum Gasteiger partial charge on any atom is -0.481 e. The number of hydrogen-bond donors (Lipinski definition) is 4. The van der Waals surface area contributed by atoms with Gasteiger partial charge in [-0.05, 0) is 95.0 Å². The summed E-state index contributed by atoms with van der Waals surface area (Å²) in [5, 5.41) is 19.4. The van der Waals surface area contributed by atoms with E-state index >= 15 is 0 Å². The molecule has 0 aliphatic carbocycles. The lowest BCUT2D eigenvalue weighted by Gasteiger charge is -2.31. The molecule has 1 amide bonds. The second-order valence-electron chi connectivity index (χ2n) is 14.7. The summed E-state index contributed by atoms with van der Waals surface area (Å²) in [7, 11) is 0.733. The second kappa shape index (κ2) is 20.7. The fourth-order valence-corrected chi connectivity index (χ4v) is 6.42. The highest BCUT2D eigenvalue weighted by molar-refractivity contribution is 5.93. The van der Waals surface area contributed by atoms with Gasteiger partial charge in [0, 0.05) is 13.5 Å². The Morgan fingerprint density at radius 2 is 1.18 bits per heavy atom. The van der Waals surface area contributed by atoms with E-state index < -0.39 is 85.7 Å². The van der Waals surface area contributed by atoms with Gasteiger partial charge < -0.3 is 36.1 Å². The molecule has 4 rings (SSSR count). The summed E-state index contributed by atoms with van der Waals surface area (Å²) in [5.74, 6) is -16.9. The van der Waals surface area contributed by atoms with Gasteiger partial charge in [-0.2, -0.15) is 30.7 Å². The number of hydrogen-bond acceptors (Lipinski definition) is 9. The van der Waals surface area contributed by atoms with Crippen molar-refractivity contribution in [3.8, 4) is 22.6 Å². The van der Waals surface area contributed by atoms with Gasteiger partial charge in [0.1, 0.15) is 23.6 Å². The maximum atomic E-state index is 13.8. The third kappa shape index (κ3) is 13.0. The molecule has 4 aromatic rings. The van der Waals surface area contributed by atoms with E-state index in [1.54, 1.807) is 54.6 Å². The van der Waals surface area contributed by atoms with Crippen LogP contribution in [0.2, 0.25) is 0 Å². The lowest BCUT2D eigenvalue weighted by atomic mass is 9.90. The van der Waals surface area contributed by atoms with Crippen LogP contribution in [0.4, 0.5) is 30.7 Å². The number of aliphatic carboxylic acids is 2. The van der Waals surface area contributed by atoms with Gasteiger partial charge in [-0.1, -0.05) is 61.0 Å². The van der Waals surface area contributed by atoms with Gasteiger partial charge >= 0.3 is 41.9 Å². The summed E-state index contributed by atoms with van der Waals surface area (Å²) in [6.07, 6.45) is -4.52. The van der Waals surface area contributed by atoms with Gasteiger partial charge in [0.15, 0.2) is 0 Å². The maximum Gasteiger partial charge on any atom is 0.459 e. The number of halogens is 7. The van der Waals surface area contributed by atoms with Crippen LogP contribution in [-0.2, 0) is 43.2 Å². The summed E-state index contributed by atoms with van der Waals surface area (Å²) in [5.41, 5.74) is 15.4. The van der Waals surface area contributed by atoms with Crippen molar-refractivity contribution in [3.05, 3.63) is 95.6 Å². The Hall–Kier alpha value is -6.08. The molecule has 19 heteroatoms. The van der Waals surface area contributed by atoms with Crippen LogP contribution in [0.25, 0.3) is 21.9 Å². The zero-order chi connectivity index (χ0) is 46.0. The van der Waals surface area contributed by atoms with E-state index in [1.807, 2.05) is 24.3 Å². The highest BCUT2D eigenvalue weighted by Gasteiger charge is 2.73. The van der Waals surface area contributed by atoms with Crippen LogP contribution in [0.5, 0.6) is 11.5 Å². The molecule has 6 N–H and O–H groups in total. The van der Waals surface area contributed by atoms with E-state index in [-0.39, 0.29) is 22.8 Å². The Morgan fingerprint density at radius 1 is 0.661 bits per heavy atom. The number of carbonyl (C=O) groups excluding carboxylic acids is 3. The summed E-state index contributed by atoms with van der Waals surface area (Å²) in [6.45, 7) is -2.11. The van der Waals surface area contributed by atoms with Crippen molar-refractivity contribution in [2.24, 2.45) is 11.5 Å². The summed E-state index contributed by atoms with van der Waals surface area (Å²) >= 11 is 0. The standard InChI is InChI=1S/C43H44F7N3O9/c1-53(24-41(44,45)42(46,47)43(48,49)50)36(54)20-11-26-9-7-25(8-10-26)5-3-2-4-6-33-31(27-12-15-29(16-13-27)61-39(59)34(51)22-37(55)56)18-14-28-21-30(17-19-32(28)33)62-40(60)35(52)23-38(57)58/h7-10,12-19,21,34-35H,2-6,11,20,22-24,51-52H2,1H3,(H,55,56)(H,57,58)/t34-,35-/m0/s1. The number of carbonyl (C=O) groups is 5. The van der Waals surface area contributed by atoms with Gasteiger partial charge in [-0.15, -0.1) is 0 Å². The first-order chi connectivity index (χ1) is 29.0. The van der Waals surface area contributed by atoms with E-state index in [2.05, 4.69) is 0 Å².